The molecule has 0 aliphatic heterocycles. The minimum atomic E-state index is -0.753. The van der Waals surface area contributed by atoms with Crippen LogP contribution in [0.25, 0.3) is 0 Å². The van der Waals surface area contributed by atoms with Crippen LogP contribution in [-0.2, 0) is 24.1 Å². The molecule has 1 unspecified atom stereocenters. The second-order valence-corrected chi connectivity index (χ2v) is 7.03. The second-order valence-electron chi connectivity index (χ2n) is 5.86. The Morgan fingerprint density at radius 1 is 1.43 bits per heavy atom. The molecule has 1 aliphatic rings. The number of nitrogens with zero attached hydrogens (tertiary/aromatic N) is 1. The molecule has 1 aromatic heterocycles. The zero-order valence-corrected chi connectivity index (χ0v) is 14.5. The molecule has 0 aromatic carbocycles. The maximum absolute atomic E-state index is 12.0. The molecule has 0 radical (unpaired) electrons. The first kappa shape index (κ1) is 18.4. The number of amides is 1. The summed E-state index contributed by atoms with van der Waals surface area (Å²) in [6.07, 6.45) is 7.28. The zero-order valence-electron chi connectivity index (χ0n) is 12.9. The Morgan fingerprint density at radius 2 is 2.14 bits per heavy atom. The van der Waals surface area contributed by atoms with Gasteiger partial charge in [0.1, 0.15) is 0 Å². The normalized spacial score (nSPS) is 16.5. The lowest BCUT2D eigenvalue weighted by molar-refractivity contribution is -0.126. The van der Waals surface area contributed by atoms with Crippen molar-refractivity contribution in [1.29, 1.82) is 0 Å². The van der Waals surface area contributed by atoms with Gasteiger partial charge in [0.05, 0.1) is 16.2 Å². The molecule has 1 atom stereocenters. The Morgan fingerprint density at radius 3 is 2.81 bits per heavy atom. The summed E-state index contributed by atoms with van der Waals surface area (Å²) in [5, 5.41) is 4.08. The number of aromatic nitrogens is 1. The number of halogens is 1. The van der Waals surface area contributed by atoms with Crippen molar-refractivity contribution in [3.05, 3.63) is 15.6 Å². The van der Waals surface area contributed by atoms with Crippen LogP contribution in [-0.4, -0.2) is 23.0 Å². The van der Waals surface area contributed by atoms with E-state index in [1.165, 1.54) is 29.8 Å². The van der Waals surface area contributed by atoms with E-state index in [4.69, 9.17) is 5.73 Å². The molecule has 0 saturated carbocycles. The first-order chi connectivity index (χ1) is 9.53. The van der Waals surface area contributed by atoms with E-state index in [0.29, 0.717) is 13.0 Å². The van der Waals surface area contributed by atoms with Crippen molar-refractivity contribution in [2.45, 2.75) is 64.3 Å². The summed E-state index contributed by atoms with van der Waals surface area (Å²) in [4.78, 5) is 18.1. The number of thiazole rings is 1. The van der Waals surface area contributed by atoms with Crippen LogP contribution < -0.4 is 11.1 Å². The SMILES string of the molecule is CCCC(C)(N)C(=O)NCCc1nc2c(s1)CCCC2.Cl. The Balaban J connectivity index is 0.00000220. The van der Waals surface area contributed by atoms with E-state index in [2.05, 4.69) is 10.3 Å². The number of hydrogen-bond donors (Lipinski definition) is 2. The predicted octanol–water partition coefficient (Wildman–Crippen LogP) is 2.62. The molecule has 2 rings (SSSR count). The van der Waals surface area contributed by atoms with Gasteiger partial charge in [0, 0.05) is 17.8 Å². The molecule has 0 saturated heterocycles. The van der Waals surface area contributed by atoms with Crippen LogP contribution in [0.3, 0.4) is 0 Å². The van der Waals surface area contributed by atoms with Crippen LogP contribution in [0.5, 0.6) is 0 Å². The minimum Gasteiger partial charge on any atom is -0.354 e. The predicted molar refractivity (Wildman–Crippen MR) is 90.2 cm³/mol. The molecule has 0 fully saturated rings. The van der Waals surface area contributed by atoms with E-state index in [-0.39, 0.29) is 18.3 Å². The monoisotopic (exact) mass is 331 g/mol. The Kier molecular flexibility index (Phi) is 7.10. The topological polar surface area (TPSA) is 68.0 Å². The number of carbonyl (C=O) groups is 1. The maximum atomic E-state index is 12.0. The fraction of sp³-hybridized carbons (Fsp3) is 0.733. The van der Waals surface area contributed by atoms with Gasteiger partial charge in [-0.2, -0.15) is 0 Å². The van der Waals surface area contributed by atoms with Gasteiger partial charge < -0.3 is 11.1 Å². The highest BCUT2D eigenvalue weighted by molar-refractivity contribution is 7.11. The average Bonchev–Trinajstić information content (AvgIpc) is 2.81. The first-order valence-electron chi connectivity index (χ1n) is 7.57. The molecule has 6 heteroatoms. The molecule has 1 amide bonds. The van der Waals surface area contributed by atoms with Gasteiger partial charge in [0.15, 0.2) is 0 Å². The van der Waals surface area contributed by atoms with Crippen molar-refractivity contribution in [3.8, 4) is 0 Å². The van der Waals surface area contributed by atoms with Gasteiger partial charge in [-0.15, -0.1) is 23.7 Å². The van der Waals surface area contributed by atoms with Crippen LogP contribution in [0.15, 0.2) is 0 Å². The quantitative estimate of drug-likeness (QED) is 0.842. The number of hydrogen-bond acceptors (Lipinski definition) is 4. The molecule has 3 N–H and O–H groups in total. The molecular weight excluding hydrogens is 306 g/mol. The fourth-order valence-electron chi connectivity index (χ4n) is 2.63. The second kappa shape index (κ2) is 8.11. The van der Waals surface area contributed by atoms with Gasteiger partial charge in [-0.1, -0.05) is 13.3 Å². The van der Waals surface area contributed by atoms with Gasteiger partial charge >= 0.3 is 0 Å². The Bertz CT molecular complexity index is 450. The summed E-state index contributed by atoms with van der Waals surface area (Å²) in [6, 6.07) is 0. The van der Waals surface area contributed by atoms with Gasteiger partial charge in [-0.3, -0.25) is 4.79 Å². The third-order valence-electron chi connectivity index (χ3n) is 3.80. The zero-order chi connectivity index (χ0) is 14.6. The maximum Gasteiger partial charge on any atom is 0.239 e. The average molecular weight is 332 g/mol. The number of nitrogens with two attached hydrogens (primary N) is 1. The largest absolute Gasteiger partial charge is 0.354 e. The molecule has 21 heavy (non-hydrogen) atoms. The lowest BCUT2D eigenvalue weighted by Crippen LogP contribution is -2.51. The number of carbonyl (C=O) groups excluding carboxylic acids is 1. The van der Waals surface area contributed by atoms with Crippen molar-refractivity contribution >= 4 is 29.7 Å². The molecule has 4 nitrogen and oxygen atoms in total. The van der Waals surface area contributed by atoms with Gasteiger partial charge in [-0.25, -0.2) is 4.98 Å². The summed E-state index contributed by atoms with van der Waals surface area (Å²) in [6.45, 7) is 4.47. The van der Waals surface area contributed by atoms with E-state index in [1.807, 2.05) is 18.3 Å². The van der Waals surface area contributed by atoms with Crippen LogP contribution in [0.4, 0.5) is 0 Å². The smallest absolute Gasteiger partial charge is 0.239 e. The summed E-state index contributed by atoms with van der Waals surface area (Å²) in [5.41, 5.74) is 6.54. The van der Waals surface area contributed by atoms with Crippen molar-refractivity contribution in [1.82, 2.24) is 10.3 Å². The summed E-state index contributed by atoms with van der Waals surface area (Å²) in [7, 11) is 0. The molecular formula is C15H26ClN3OS. The molecule has 0 spiro atoms. The lowest BCUT2D eigenvalue weighted by Gasteiger charge is -2.22. The van der Waals surface area contributed by atoms with Crippen LogP contribution in [0.1, 0.15) is 55.1 Å². The standard InChI is InChI=1S/C15H25N3OS.ClH/c1-3-9-15(2,16)14(19)17-10-8-13-18-11-6-4-5-7-12(11)20-13;/h3-10,16H2,1-2H3,(H,17,19);1H. The highest BCUT2D eigenvalue weighted by Crippen LogP contribution is 2.26. The van der Waals surface area contributed by atoms with E-state index < -0.39 is 5.54 Å². The first-order valence-corrected chi connectivity index (χ1v) is 8.39. The Hall–Kier alpha value is -0.650. The van der Waals surface area contributed by atoms with E-state index in [9.17, 15) is 4.79 Å². The van der Waals surface area contributed by atoms with Crippen molar-refractivity contribution in [3.63, 3.8) is 0 Å². The lowest BCUT2D eigenvalue weighted by atomic mass is 9.96. The van der Waals surface area contributed by atoms with Crippen molar-refractivity contribution in [2.24, 2.45) is 5.73 Å². The molecule has 1 aromatic rings. The van der Waals surface area contributed by atoms with E-state index in [1.54, 1.807) is 6.92 Å². The fourth-order valence-corrected chi connectivity index (χ4v) is 3.79. The van der Waals surface area contributed by atoms with Crippen LogP contribution in [0.2, 0.25) is 0 Å². The Labute approximate surface area is 137 Å². The number of fused-ring (bicyclic) bond motifs is 1. The molecule has 1 heterocycles. The minimum absolute atomic E-state index is 0. The summed E-state index contributed by atoms with van der Waals surface area (Å²) >= 11 is 1.81. The van der Waals surface area contributed by atoms with Crippen molar-refractivity contribution < 1.29 is 4.79 Å². The molecule has 120 valence electrons. The third-order valence-corrected chi connectivity index (χ3v) is 5.02. The van der Waals surface area contributed by atoms with Gasteiger partial charge in [0.25, 0.3) is 0 Å². The summed E-state index contributed by atoms with van der Waals surface area (Å²) < 4.78 is 0. The highest BCUT2D eigenvalue weighted by atomic mass is 35.5. The van der Waals surface area contributed by atoms with Gasteiger partial charge in [0.2, 0.25) is 5.91 Å². The van der Waals surface area contributed by atoms with Crippen LogP contribution >= 0.6 is 23.7 Å². The molecule has 0 bridgehead atoms. The number of aryl methyl sites for hydroxylation is 2. The number of rotatable bonds is 6. The van der Waals surface area contributed by atoms with Gasteiger partial charge in [-0.05, 0) is 39.0 Å². The molecule has 1 aliphatic carbocycles. The highest BCUT2D eigenvalue weighted by Gasteiger charge is 2.26. The number of nitrogens with one attached hydrogen (secondary N) is 1. The van der Waals surface area contributed by atoms with E-state index >= 15 is 0 Å². The van der Waals surface area contributed by atoms with Crippen LogP contribution in [0, 0.1) is 0 Å². The van der Waals surface area contributed by atoms with E-state index in [0.717, 1.165) is 24.3 Å². The summed E-state index contributed by atoms with van der Waals surface area (Å²) in [5.74, 6) is -0.0549. The third kappa shape index (κ3) is 4.94. The van der Waals surface area contributed by atoms with Crippen molar-refractivity contribution in [2.75, 3.05) is 6.54 Å².